The minimum Gasteiger partial charge on any atom is -0.482 e. The van der Waals surface area contributed by atoms with Crippen LogP contribution in [0.2, 0.25) is 0 Å². The lowest BCUT2D eigenvalue weighted by atomic mass is 10.1. The first-order chi connectivity index (χ1) is 10.6. The summed E-state index contributed by atoms with van der Waals surface area (Å²) in [6.45, 7) is 1.86. The van der Waals surface area contributed by atoms with E-state index in [0.29, 0.717) is 17.0 Å². The van der Waals surface area contributed by atoms with E-state index in [9.17, 15) is 9.59 Å². The molecule has 6 nitrogen and oxygen atoms in total. The van der Waals surface area contributed by atoms with Gasteiger partial charge in [0.1, 0.15) is 11.5 Å². The summed E-state index contributed by atoms with van der Waals surface area (Å²) in [5, 5.41) is 2.70. The molecule has 1 unspecified atom stereocenters. The third kappa shape index (κ3) is 2.55. The molecule has 1 aliphatic heterocycles. The lowest BCUT2D eigenvalue weighted by Gasteiger charge is -2.24. The molecule has 1 aromatic carbocycles. The fourth-order valence-corrected chi connectivity index (χ4v) is 2.31. The van der Waals surface area contributed by atoms with E-state index in [4.69, 9.17) is 9.15 Å². The highest BCUT2D eigenvalue weighted by Crippen LogP contribution is 2.30. The smallest absolute Gasteiger partial charge is 0.262 e. The number of hydrogen-bond donors (Lipinski definition) is 1. The van der Waals surface area contributed by atoms with Gasteiger partial charge in [0, 0.05) is 12.6 Å². The van der Waals surface area contributed by atoms with Crippen LogP contribution in [0.3, 0.4) is 0 Å². The summed E-state index contributed by atoms with van der Waals surface area (Å²) in [6, 6.07) is 8.42. The van der Waals surface area contributed by atoms with Gasteiger partial charge in [0.15, 0.2) is 6.61 Å². The Kier molecular flexibility index (Phi) is 3.58. The first-order valence-electron chi connectivity index (χ1n) is 6.93. The summed E-state index contributed by atoms with van der Waals surface area (Å²) in [6.07, 6.45) is 1.58. The molecule has 1 atom stereocenters. The molecule has 0 fully saturated rings. The molecule has 3 rings (SSSR count). The molecule has 1 N–H and O–H groups in total. The van der Waals surface area contributed by atoms with E-state index in [1.807, 2.05) is 13.0 Å². The number of ether oxygens (including phenoxy) is 1. The van der Waals surface area contributed by atoms with Gasteiger partial charge in [-0.2, -0.15) is 0 Å². The Labute approximate surface area is 127 Å². The molecule has 0 radical (unpaired) electrons. The summed E-state index contributed by atoms with van der Waals surface area (Å²) in [7, 11) is 1.72. The van der Waals surface area contributed by atoms with Gasteiger partial charge >= 0.3 is 0 Å². The molecule has 0 spiro atoms. The first kappa shape index (κ1) is 14.2. The summed E-state index contributed by atoms with van der Waals surface area (Å²) in [5.41, 5.74) is 1.07. The van der Waals surface area contributed by atoms with Crippen molar-refractivity contribution < 1.29 is 18.7 Å². The van der Waals surface area contributed by atoms with E-state index in [2.05, 4.69) is 5.32 Å². The van der Waals surface area contributed by atoms with Crippen LogP contribution in [0.1, 0.15) is 29.1 Å². The predicted molar refractivity (Wildman–Crippen MR) is 79.8 cm³/mol. The van der Waals surface area contributed by atoms with Gasteiger partial charge in [0.05, 0.1) is 18.0 Å². The molecule has 0 saturated carbocycles. The molecular weight excluding hydrogens is 284 g/mol. The van der Waals surface area contributed by atoms with Gasteiger partial charge in [0.2, 0.25) is 0 Å². The lowest BCUT2D eigenvalue weighted by Crippen LogP contribution is -2.30. The van der Waals surface area contributed by atoms with Crippen molar-refractivity contribution in [1.82, 2.24) is 4.90 Å². The van der Waals surface area contributed by atoms with Crippen molar-refractivity contribution >= 4 is 17.5 Å². The maximum absolute atomic E-state index is 12.6. The minimum atomic E-state index is -0.199. The van der Waals surface area contributed by atoms with E-state index in [0.717, 1.165) is 5.76 Å². The van der Waals surface area contributed by atoms with Gasteiger partial charge in [-0.25, -0.2) is 0 Å². The standard InChI is InChI=1S/C16H16N2O4/c1-10(13-4-3-7-21-13)18(2)16(20)11-5-6-12-14(8-11)22-9-15(19)17-12/h3-8,10H,9H2,1-2H3,(H,17,19). The Morgan fingerprint density at radius 3 is 2.91 bits per heavy atom. The van der Waals surface area contributed by atoms with Crippen LogP contribution in [-0.4, -0.2) is 30.4 Å². The maximum Gasteiger partial charge on any atom is 0.262 e. The average molecular weight is 300 g/mol. The maximum atomic E-state index is 12.6. The molecule has 6 heteroatoms. The van der Waals surface area contributed by atoms with E-state index in [1.165, 1.54) is 0 Å². The lowest BCUT2D eigenvalue weighted by molar-refractivity contribution is -0.118. The van der Waals surface area contributed by atoms with Gasteiger partial charge in [0.25, 0.3) is 11.8 Å². The normalized spacial score (nSPS) is 14.5. The number of furan rings is 1. The number of hydrogen-bond acceptors (Lipinski definition) is 4. The van der Waals surface area contributed by atoms with Crippen LogP contribution < -0.4 is 10.1 Å². The Hall–Kier alpha value is -2.76. The van der Waals surface area contributed by atoms with E-state index in [1.54, 1.807) is 42.5 Å². The van der Waals surface area contributed by atoms with Crippen LogP contribution in [0.4, 0.5) is 5.69 Å². The summed E-state index contributed by atoms with van der Waals surface area (Å²) >= 11 is 0. The average Bonchev–Trinajstić information content (AvgIpc) is 3.06. The van der Waals surface area contributed by atoms with Crippen molar-refractivity contribution in [2.24, 2.45) is 0 Å². The predicted octanol–water partition coefficient (Wildman–Crippen LogP) is 2.44. The second-order valence-corrected chi connectivity index (χ2v) is 5.16. The molecular formula is C16H16N2O4. The fraction of sp³-hybridized carbons (Fsp3) is 0.250. The van der Waals surface area contributed by atoms with E-state index in [-0.39, 0.29) is 24.5 Å². The van der Waals surface area contributed by atoms with Gasteiger partial charge in [-0.3, -0.25) is 9.59 Å². The minimum absolute atomic E-state index is 0.0384. The summed E-state index contributed by atoms with van der Waals surface area (Å²) in [4.78, 5) is 25.4. The highest BCUT2D eigenvalue weighted by atomic mass is 16.5. The number of anilines is 1. The van der Waals surface area contributed by atoms with Gasteiger partial charge in [-0.1, -0.05) is 0 Å². The number of nitrogens with zero attached hydrogens (tertiary/aromatic N) is 1. The van der Waals surface area contributed by atoms with Crippen LogP contribution in [0.15, 0.2) is 41.0 Å². The Balaban J connectivity index is 1.81. The van der Waals surface area contributed by atoms with Gasteiger partial charge < -0.3 is 19.4 Å². The quantitative estimate of drug-likeness (QED) is 0.945. The third-order valence-corrected chi connectivity index (χ3v) is 3.72. The number of nitrogens with one attached hydrogen (secondary N) is 1. The molecule has 1 aliphatic rings. The van der Waals surface area contributed by atoms with Gasteiger partial charge in [-0.05, 0) is 37.3 Å². The van der Waals surface area contributed by atoms with Crippen LogP contribution >= 0.6 is 0 Å². The molecule has 1 aromatic heterocycles. The van der Waals surface area contributed by atoms with Crippen LogP contribution in [0, 0.1) is 0 Å². The van der Waals surface area contributed by atoms with Crippen molar-refractivity contribution in [1.29, 1.82) is 0 Å². The zero-order chi connectivity index (χ0) is 15.7. The number of rotatable bonds is 3. The van der Waals surface area contributed by atoms with E-state index >= 15 is 0 Å². The molecule has 22 heavy (non-hydrogen) atoms. The van der Waals surface area contributed by atoms with Crippen molar-refractivity contribution in [3.63, 3.8) is 0 Å². The second kappa shape index (κ2) is 5.55. The van der Waals surface area contributed by atoms with Crippen LogP contribution in [0.25, 0.3) is 0 Å². The Morgan fingerprint density at radius 1 is 1.36 bits per heavy atom. The topological polar surface area (TPSA) is 71.8 Å². The van der Waals surface area contributed by atoms with Crippen molar-refractivity contribution in [2.75, 3.05) is 19.0 Å². The fourth-order valence-electron chi connectivity index (χ4n) is 2.31. The number of carbonyl (C=O) groups excluding carboxylic acids is 2. The molecule has 2 heterocycles. The monoisotopic (exact) mass is 300 g/mol. The third-order valence-electron chi connectivity index (χ3n) is 3.72. The molecule has 2 aromatic rings. The summed E-state index contributed by atoms with van der Waals surface area (Å²) < 4.78 is 10.7. The van der Waals surface area contributed by atoms with Crippen molar-refractivity contribution in [3.05, 3.63) is 47.9 Å². The number of carbonyl (C=O) groups is 2. The van der Waals surface area contributed by atoms with Crippen molar-refractivity contribution in [2.45, 2.75) is 13.0 Å². The van der Waals surface area contributed by atoms with E-state index < -0.39 is 0 Å². The number of fused-ring (bicyclic) bond motifs is 1. The molecule has 114 valence electrons. The number of benzene rings is 1. The highest BCUT2D eigenvalue weighted by molar-refractivity contribution is 5.99. The summed E-state index contributed by atoms with van der Waals surface area (Å²) in [5.74, 6) is 0.879. The zero-order valence-corrected chi connectivity index (χ0v) is 12.3. The van der Waals surface area contributed by atoms with Crippen LogP contribution in [0.5, 0.6) is 5.75 Å². The highest BCUT2D eigenvalue weighted by Gasteiger charge is 2.23. The Morgan fingerprint density at radius 2 is 2.18 bits per heavy atom. The van der Waals surface area contributed by atoms with Crippen LogP contribution in [-0.2, 0) is 4.79 Å². The van der Waals surface area contributed by atoms with Gasteiger partial charge in [-0.15, -0.1) is 0 Å². The largest absolute Gasteiger partial charge is 0.482 e. The van der Waals surface area contributed by atoms with Crippen molar-refractivity contribution in [3.8, 4) is 5.75 Å². The second-order valence-electron chi connectivity index (χ2n) is 5.16. The molecule has 0 bridgehead atoms. The molecule has 0 aliphatic carbocycles. The molecule has 0 saturated heterocycles. The first-order valence-corrected chi connectivity index (χ1v) is 6.93. The molecule has 2 amide bonds. The SMILES string of the molecule is CC(c1ccco1)N(C)C(=O)c1ccc2c(c1)OCC(=O)N2. The zero-order valence-electron chi connectivity index (χ0n) is 12.3. The Bertz CT molecular complexity index is 709. The number of amides is 2.